The zero-order valence-electron chi connectivity index (χ0n) is 13.5. The molecule has 2 N–H and O–H groups in total. The number of nitrogens with one attached hydrogen (secondary N) is 2. The largest absolute Gasteiger partial charge is 0.419 e. The molecule has 0 aliphatic carbocycles. The summed E-state index contributed by atoms with van der Waals surface area (Å²) < 4.78 is 8.55. The Balaban J connectivity index is 1.76. The summed E-state index contributed by atoms with van der Waals surface area (Å²) in [4.78, 5) is 16.3. The normalized spacial score (nSPS) is 10.5. The predicted molar refractivity (Wildman–Crippen MR) is 88.3 cm³/mol. The lowest BCUT2D eigenvalue weighted by atomic mass is 10.3. The molecule has 3 aromatic heterocycles. The van der Waals surface area contributed by atoms with Gasteiger partial charge in [0, 0.05) is 44.3 Å². The first kappa shape index (κ1) is 15.5. The molecule has 3 heterocycles. The maximum Gasteiger partial charge on any atom is 0.419 e. The Morgan fingerprint density at radius 2 is 1.71 bits per heavy atom. The molecule has 1 amide bonds. The van der Waals surface area contributed by atoms with E-state index < -0.39 is 6.09 Å². The number of nitrogens with zero attached hydrogens (tertiary/aromatic N) is 5. The van der Waals surface area contributed by atoms with Crippen LogP contribution in [0.2, 0.25) is 0 Å². The van der Waals surface area contributed by atoms with Crippen molar-refractivity contribution in [3.8, 4) is 5.88 Å². The van der Waals surface area contributed by atoms with Gasteiger partial charge in [0.25, 0.3) is 0 Å². The van der Waals surface area contributed by atoms with Crippen LogP contribution in [0.1, 0.15) is 5.69 Å². The SMILES string of the molecule is Cc1ccc(Nc2ccn(C)n2)c(OC(=O)Nc2ccn(C)n2)n1. The summed E-state index contributed by atoms with van der Waals surface area (Å²) in [6.07, 6.45) is 2.85. The first-order valence-corrected chi connectivity index (χ1v) is 7.22. The molecule has 0 bridgehead atoms. The summed E-state index contributed by atoms with van der Waals surface area (Å²) in [5.74, 6) is 1.18. The minimum Gasteiger partial charge on any atom is -0.389 e. The molecule has 3 rings (SSSR count). The second-order valence-electron chi connectivity index (χ2n) is 5.19. The van der Waals surface area contributed by atoms with E-state index in [2.05, 4.69) is 25.8 Å². The number of hydrogen-bond acceptors (Lipinski definition) is 6. The van der Waals surface area contributed by atoms with Crippen LogP contribution in [-0.2, 0) is 14.1 Å². The van der Waals surface area contributed by atoms with E-state index in [0.29, 0.717) is 17.3 Å². The van der Waals surface area contributed by atoms with Crippen molar-refractivity contribution in [1.82, 2.24) is 24.5 Å². The molecule has 0 saturated heterocycles. The van der Waals surface area contributed by atoms with E-state index in [1.165, 1.54) is 0 Å². The second-order valence-corrected chi connectivity index (χ2v) is 5.19. The lowest BCUT2D eigenvalue weighted by Crippen LogP contribution is -2.18. The van der Waals surface area contributed by atoms with Crippen molar-refractivity contribution in [1.29, 1.82) is 0 Å². The molecule has 0 aliphatic heterocycles. The van der Waals surface area contributed by atoms with Crippen LogP contribution in [0.5, 0.6) is 5.88 Å². The van der Waals surface area contributed by atoms with Crippen LogP contribution >= 0.6 is 0 Å². The first-order valence-electron chi connectivity index (χ1n) is 7.22. The Hall–Kier alpha value is -3.36. The summed E-state index contributed by atoms with van der Waals surface area (Å²) in [7, 11) is 3.57. The van der Waals surface area contributed by atoms with E-state index in [-0.39, 0.29) is 5.88 Å². The number of pyridine rings is 1. The second kappa shape index (κ2) is 6.41. The zero-order valence-corrected chi connectivity index (χ0v) is 13.5. The van der Waals surface area contributed by atoms with Gasteiger partial charge in [0.05, 0.1) is 0 Å². The summed E-state index contributed by atoms with van der Waals surface area (Å²) in [5.41, 5.74) is 1.26. The smallest absolute Gasteiger partial charge is 0.389 e. The fourth-order valence-corrected chi connectivity index (χ4v) is 2.03. The maximum absolute atomic E-state index is 12.0. The molecular formula is C15H17N7O2. The third kappa shape index (κ3) is 3.69. The summed E-state index contributed by atoms with van der Waals surface area (Å²) in [6, 6.07) is 7.06. The molecule has 0 fully saturated rings. The highest BCUT2D eigenvalue weighted by Crippen LogP contribution is 2.25. The minimum absolute atomic E-state index is 0.161. The van der Waals surface area contributed by atoms with Crippen LogP contribution in [0.3, 0.4) is 0 Å². The molecule has 0 aromatic carbocycles. The number of carbonyl (C=O) groups is 1. The van der Waals surface area contributed by atoms with E-state index in [0.717, 1.165) is 5.69 Å². The summed E-state index contributed by atoms with van der Waals surface area (Å²) >= 11 is 0. The van der Waals surface area contributed by atoms with Gasteiger partial charge < -0.3 is 10.1 Å². The Morgan fingerprint density at radius 3 is 2.33 bits per heavy atom. The van der Waals surface area contributed by atoms with Gasteiger partial charge in [-0.3, -0.25) is 14.7 Å². The molecule has 0 saturated carbocycles. The minimum atomic E-state index is -0.670. The van der Waals surface area contributed by atoms with E-state index in [1.54, 1.807) is 47.0 Å². The van der Waals surface area contributed by atoms with Gasteiger partial charge in [-0.2, -0.15) is 10.2 Å². The predicted octanol–water partition coefficient (Wildman–Crippen LogP) is 2.21. The highest BCUT2D eigenvalue weighted by molar-refractivity contribution is 5.85. The molecular weight excluding hydrogens is 310 g/mol. The van der Waals surface area contributed by atoms with Crippen molar-refractivity contribution in [2.45, 2.75) is 6.92 Å². The highest BCUT2D eigenvalue weighted by atomic mass is 16.6. The van der Waals surface area contributed by atoms with Crippen LogP contribution in [-0.4, -0.2) is 30.6 Å². The first-order chi connectivity index (χ1) is 11.5. The zero-order chi connectivity index (χ0) is 17.1. The van der Waals surface area contributed by atoms with Crippen molar-refractivity contribution in [2.75, 3.05) is 10.6 Å². The van der Waals surface area contributed by atoms with Crippen molar-refractivity contribution < 1.29 is 9.53 Å². The monoisotopic (exact) mass is 327 g/mol. The maximum atomic E-state index is 12.0. The third-order valence-electron chi connectivity index (χ3n) is 3.11. The highest BCUT2D eigenvalue weighted by Gasteiger charge is 2.13. The van der Waals surface area contributed by atoms with Crippen molar-refractivity contribution >= 4 is 23.4 Å². The Morgan fingerprint density at radius 1 is 1.04 bits per heavy atom. The van der Waals surface area contributed by atoms with Crippen molar-refractivity contribution in [2.24, 2.45) is 14.1 Å². The van der Waals surface area contributed by atoms with Crippen LogP contribution in [0.4, 0.5) is 22.1 Å². The number of hydrogen-bond donors (Lipinski definition) is 2. The van der Waals surface area contributed by atoms with Gasteiger partial charge in [0.1, 0.15) is 5.69 Å². The van der Waals surface area contributed by atoms with Gasteiger partial charge in [0.15, 0.2) is 11.6 Å². The fraction of sp³-hybridized carbons (Fsp3) is 0.200. The fourth-order valence-electron chi connectivity index (χ4n) is 2.03. The van der Waals surface area contributed by atoms with E-state index in [4.69, 9.17) is 4.74 Å². The van der Waals surface area contributed by atoms with E-state index in [1.807, 2.05) is 20.0 Å². The standard InChI is InChI=1S/C15H17N7O2/c1-10-4-5-11(17-12-6-8-21(2)19-12)14(16-10)24-15(23)18-13-7-9-22(3)20-13/h4-9H,1-3H3,(H,17,19)(H,18,20,23). The number of carbonyl (C=O) groups excluding carboxylic acids is 1. The van der Waals surface area contributed by atoms with Crippen LogP contribution in [0.25, 0.3) is 0 Å². The number of anilines is 3. The summed E-state index contributed by atoms with van der Waals surface area (Å²) in [5, 5.41) is 13.9. The van der Waals surface area contributed by atoms with Gasteiger partial charge in [-0.15, -0.1) is 0 Å². The molecule has 0 atom stereocenters. The Bertz CT molecular complexity index is 868. The van der Waals surface area contributed by atoms with Crippen LogP contribution in [0, 0.1) is 6.92 Å². The topological polar surface area (TPSA) is 98.9 Å². The lowest BCUT2D eigenvalue weighted by Gasteiger charge is -2.10. The van der Waals surface area contributed by atoms with E-state index in [9.17, 15) is 4.79 Å². The van der Waals surface area contributed by atoms with Crippen molar-refractivity contribution in [3.63, 3.8) is 0 Å². The molecule has 24 heavy (non-hydrogen) atoms. The van der Waals surface area contributed by atoms with Crippen molar-refractivity contribution in [3.05, 3.63) is 42.4 Å². The quantitative estimate of drug-likeness (QED) is 0.762. The van der Waals surface area contributed by atoms with Gasteiger partial charge in [-0.1, -0.05) is 0 Å². The molecule has 124 valence electrons. The Kier molecular flexibility index (Phi) is 4.15. The van der Waals surface area contributed by atoms with Crippen LogP contribution < -0.4 is 15.4 Å². The lowest BCUT2D eigenvalue weighted by molar-refractivity contribution is 0.213. The average molecular weight is 327 g/mol. The van der Waals surface area contributed by atoms with Crippen LogP contribution in [0.15, 0.2) is 36.7 Å². The molecule has 0 radical (unpaired) electrons. The molecule has 9 nitrogen and oxygen atoms in total. The number of ether oxygens (including phenoxy) is 1. The number of rotatable bonds is 4. The van der Waals surface area contributed by atoms with Gasteiger partial charge >= 0.3 is 6.09 Å². The molecule has 0 aliphatic rings. The van der Waals surface area contributed by atoms with Gasteiger partial charge in [-0.05, 0) is 19.1 Å². The summed E-state index contributed by atoms with van der Waals surface area (Å²) in [6.45, 7) is 1.81. The molecule has 0 spiro atoms. The molecule has 9 heteroatoms. The van der Waals surface area contributed by atoms with E-state index >= 15 is 0 Å². The molecule has 3 aromatic rings. The Labute approximate surface area is 138 Å². The number of aromatic nitrogens is 5. The van der Waals surface area contributed by atoms with Gasteiger partial charge in [-0.25, -0.2) is 9.78 Å². The number of amides is 1. The van der Waals surface area contributed by atoms with Gasteiger partial charge in [0.2, 0.25) is 5.88 Å². The third-order valence-corrected chi connectivity index (χ3v) is 3.11. The molecule has 0 unspecified atom stereocenters. The average Bonchev–Trinajstić information content (AvgIpc) is 3.10. The number of aryl methyl sites for hydroxylation is 3.